The molecule has 1 aromatic rings. The van der Waals surface area contributed by atoms with Crippen molar-refractivity contribution in [3.05, 3.63) is 33.2 Å². The Morgan fingerprint density at radius 2 is 2.25 bits per heavy atom. The highest BCUT2D eigenvalue weighted by Gasteiger charge is 2.25. The molecule has 0 saturated heterocycles. The van der Waals surface area contributed by atoms with Gasteiger partial charge in [-0.3, -0.25) is 9.59 Å². The summed E-state index contributed by atoms with van der Waals surface area (Å²) in [6, 6.07) is 1.98. The molecule has 2 N–H and O–H groups in total. The third-order valence-electron chi connectivity index (χ3n) is 2.88. The van der Waals surface area contributed by atoms with E-state index in [1.54, 1.807) is 6.07 Å². The summed E-state index contributed by atoms with van der Waals surface area (Å²) in [5, 5.41) is 2.82. The first-order valence-electron chi connectivity index (χ1n) is 5.65. The van der Waals surface area contributed by atoms with Gasteiger partial charge in [0.05, 0.1) is 0 Å². The Morgan fingerprint density at radius 1 is 1.56 bits per heavy atom. The molecule has 1 aliphatic rings. The summed E-state index contributed by atoms with van der Waals surface area (Å²) in [5.74, 6) is -0.251. The number of carbonyl (C=O) groups is 1. The van der Waals surface area contributed by atoms with Crippen molar-refractivity contribution in [3.63, 3.8) is 0 Å². The molecule has 16 heavy (non-hydrogen) atoms. The molecule has 1 heterocycles. The van der Waals surface area contributed by atoms with E-state index in [0.717, 1.165) is 30.5 Å². The predicted octanol–water partition coefficient (Wildman–Crippen LogP) is 1.14. The van der Waals surface area contributed by atoms with Gasteiger partial charge in [-0.1, -0.05) is 6.92 Å². The first-order valence-corrected chi connectivity index (χ1v) is 5.65. The molecule has 0 unspecified atom stereocenters. The normalized spacial score (nSPS) is 14.9. The van der Waals surface area contributed by atoms with E-state index >= 15 is 0 Å². The Kier molecular flexibility index (Phi) is 2.81. The van der Waals surface area contributed by atoms with Gasteiger partial charge in [-0.15, -0.1) is 0 Å². The molecule has 0 atom stereocenters. The predicted molar refractivity (Wildman–Crippen MR) is 61.7 cm³/mol. The SMILES string of the molecule is CCc1cc(C(=O)NC2CC2)c(=O)[nH]c1C. The highest BCUT2D eigenvalue weighted by atomic mass is 16.2. The number of nitrogens with one attached hydrogen (secondary N) is 2. The molecule has 1 fully saturated rings. The second kappa shape index (κ2) is 4.12. The molecule has 1 aromatic heterocycles. The molecule has 0 bridgehead atoms. The summed E-state index contributed by atoms with van der Waals surface area (Å²) in [5.41, 5.74) is 1.79. The highest BCUT2D eigenvalue weighted by molar-refractivity contribution is 5.94. The van der Waals surface area contributed by atoms with Crippen LogP contribution in [-0.4, -0.2) is 16.9 Å². The van der Waals surface area contributed by atoms with Crippen molar-refractivity contribution in [2.24, 2.45) is 0 Å². The smallest absolute Gasteiger partial charge is 0.261 e. The van der Waals surface area contributed by atoms with Crippen LogP contribution >= 0.6 is 0 Å². The standard InChI is InChI=1S/C12H16N2O2/c1-3-8-6-10(11(15)13-7(8)2)12(16)14-9-4-5-9/h6,9H,3-5H2,1-2H3,(H,13,15)(H,14,16). The van der Waals surface area contributed by atoms with Crippen LogP contribution in [0.4, 0.5) is 0 Å². The fourth-order valence-corrected chi connectivity index (χ4v) is 1.69. The summed E-state index contributed by atoms with van der Waals surface area (Å²) in [6.45, 7) is 3.85. The van der Waals surface area contributed by atoms with E-state index in [9.17, 15) is 9.59 Å². The Labute approximate surface area is 94.1 Å². The average molecular weight is 220 g/mol. The van der Waals surface area contributed by atoms with Gasteiger partial charge in [0.25, 0.3) is 11.5 Å². The minimum Gasteiger partial charge on any atom is -0.349 e. The van der Waals surface area contributed by atoms with E-state index in [0.29, 0.717) is 0 Å². The second-order valence-electron chi connectivity index (χ2n) is 4.26. The molecule has 2 rings (SSSR count). The van der Waals surface area contributed by atoms with Crippen molar-refractivity contribution in [2.45, 2.75) is 39.2 Å². The Balaban J connectivity index is 2.31. The summed E-state index contributed by atoms with van der Waals surface area (Å²) in [4.78, 5) is 26.1. The van der Waals surface area contributed by atoms with Crippen molar-refractivity contribution in [1.82, 2.24) is 10.3 Å². The zero-order valence-corrected chi connectivity index (χ0v) is 9.59. The lowest BCUT2D eigenvalue weighted by molar-refractivity contribution is 0.0949. The third-order valence-corrected chi connectivity index (χ3v) is 2.88. The van der Waals surface area contributed by atoms with Gasteiger partial charge in [0.1, 0.15) is 5.56 Å². The van der Waals surface area contributed by atoms with Crippen molar-refractivity contribution < 1.29 is 4.79 Å². The lowest BCUT2D eigenvalue weighted by Crippen LogP contribution is -2.31. The molecule has 1 saturated carbocycles. The molecule has 0 aliphatic heterocycles. The molecule has 4 nitrogen and oxygen atoms in total. The van der Waals surface area contributed by atoms with E-state index in [1.807, 2.05) is 13.8 Å². The average Bonchev–Trinajstić information content (AvgIpc) is 3.01. The zero-order chi connectivity index (χ0) is 11.7. The van der Waals surface area contributed by atoms with Crippen LogP contribution in [0.3, 0.4) is 0 Å². The number of hydrogen-bond donors (Lipinski definition) is 2. The van der Waals surface area contributed by atoms with Crippen LogP contribution in [0.2, 0.25) is 0 Å². The summed E-state index contributed by atoms with van der Waals surface area (Å²) >= 11 is 0. The number of aryl methyl sites for hydroxylation is 2. The van der Waals surface area contributed by atoms with Gasteiger partial charge in [-0.2, -0.15) is 0 Å². The number of pyridine rings is 1. The lowest BCUT2D eigenvalue weighted by Gasteiger charge is -2.06. The van der Waals surface area contributed by atoms with Crippen LogP contribution in [-0.2, 0) is 6.42 Å². The van der Waals surface area contributed by atoms with Crippen molar-refractivity contribution in [2.75, 3.05) is 0 Å². The van der Waals surface area contributed by atoms with Crippen molar-refractivity contribution in [1.29, 1.82) is 0 Å². The molecule has 86 valence electrons. The number of H-pyrrole nitrogens is 1. The molecular weight excluding hydrogens is 204 g/mol. The van der Waals surface area contributed by atoms with E-state index in [4.69, 9.17) is 0 Å². The van der Waals surface area contributed by atoms with Gasteiger partial charge in [-0.25, -0.2) is 0 Å². The number of aromatic amines is 1. The fourth-order valence-electron chi connectivity index (χ4n) is 1.69. The molecule has 1 amide bonds. The number of carbonyl (C=O) groups excluding carboxylic acids is 1. The highest BCUT2D eigenvalue weighted by Crippen LogP contribution is 2.19. The van der Waals surface area contributed by atoms with Crippen molar-refractivity contribution in [3.8, 4) is 0 Å². The van der Waals surface area contributed by atoms with E-state index < -0.39 is 0 Å². The lowest BCUT2D eigenvalue weighted by atomic mass is 10.1. The van der Waals surface area contributed by atoms with E-state index in [1.165, 1.54) is 0 Å². The van der Waals surface area contributed by atoms with Crippen LogP contribution < -0.4 is 10.9 Å². The largest absolute Gasteiger partial charge is 0.349 e. The maximum Gasteiger partial charge on any atom is 0.261 e. The quantitative estimate of drug-likeness (QED) is 0.802. The van der Waals surface area contributed by atoms with Gasteiger partial charge in [-0.05, 0) is 37.8 Å². The molecule has 0 aromatic carbocycles. The number of amides is 1. The molecule has 0 spiro atoms. The number of rotatable bonds is 3. The topological polar surface area (TPSA) is 62.0 Å². The Morgan fingerprint density at radius 3 is 2.81 bits per heavy atom. The molecule has 0 radical (unpaired) electrons. The fraction of sp³-hybridized carbons (Fsp3) is 0.500. The van der Waals surface area contributed by atoms with Crippen LogP contribution in [0.25, 0.3) is 0 Å². The van der Waals surface area contributed by atoms with Gasteiger partial charge >= 0.3 is 0 Å². The van der Waals surface area contributed by atoms with E-state index in [2.05, 4.69) is 10.3 Å². The number of aromatic nitrogens is 1. The first-order chi connectivity index (χ1) is 7.61. The first kappa shape index (κ1) is 10.9. The summed E-state index contributed by atoms with van der Waals surface area (Å²) in [7, 11) is 0. The van der Waals surface area contributed by atoms with Crippen LogP contribution in [0.1, 0.15) is 41.4 Å². The van der Waals surface area contributed by atoms with E-state index in [-0.39, 0.29) is 23.1 Å². The minimum atomic E-state index is -0.298. The van der Waals surface area contributed by atoms with Crippen molar-refractivity contribution >= 4 is 5.91 Å². The zero-order valence-electron chi connectivity index (χ0n) is 9.59. The molecule has 4 heteroatoms. The summed E-state index contributed by atoms with van der Waals surface area (Å²) < 4.78 is 0. The van der Waals surface area contributed by atoms with Crippen LogP contribution in [0.15, 0.2) is 10.9 Å². The van der Waals surface area contributed by atoms with Crippen LogP contribution in [0.5, 0.6) is 0 Å². The Hall–Kier alpha value is -1.58. The summed E-state index contributed by atoms with van der Waals surface area (Å²) in [6.07, 6.45) is 2.86. The molecular formula is C12H16N2O2. The van der Waals surface area contributed by atoms with Crippen LogP contribution in [0, 0.1) is 6.92 Å². The van der Waals surface area contributed by atoms with Gasteiger partial charge in [0.2, 0.25) is 0 Å². The van der Waals surface area contributed by atoms with Gasteiger partial charge in [0, 0.05) is 11.7 Å². The third kappa shape index (κ3) is 2.15. The number of hydrogen-bond acceptors (Lipinski definition) is 2. The van der Waals surface area contributed by atoms with Gasteiger partial charge in [0.15, 0.2) is 0 Å². The monoisotopic (exact) mass is 220 g/mol. The molecule has 1 aliphatic carbocycles. The second-order valence-corrected chi connectivity index (χ2v) is 4.26. The van der Waals surface area contributed by atoms with Gasteiger partial charge < -0.3 is 10.3 Å². The maximum atomic E-state index is 11.8. The minimum absolute atomic E-state index is 0.231. The Bertz CT molecular complexity index is 472. The maximum absolute atomic E-state index is 11.8.